The molecule has 2 heterocycles. The maximum absolute atomic E-state index is 12.0. The Morgan fingerprint density at radius 1 is 1.03 bits per heavy atom. The van der Waals surface area contributed by atoms with Gasteiger partial charge in [-0.05, 0) is 67.7 Å². The number of benzene rings is 2. The van der Waals surface area contributed by atoms with Gasteiger partial charge in [-0.2, -0.15) is 0 Å². The minimum absolute atomic E-state index is 0.196. The van der Waals surface area contributed by atoms with Crippen LogP contribution in [0, 0.1) is 0 Å². The Bertz CT molecular complexity index is 885. The molecule has 1 amide bonds. The molecule has 6 heteroatoms. The largest absolute Gasteiger partial charge is 0.371 e. The Kier molecular flexibility index (Phi) is 6.30. The van der Waals surface area contributed by atoms with Gasteiger partial charge < -0.3 is 20.4 Å². The first-order chi connectivity index (χ1) is 14.2. The molecule has 0 atom stereocenters. The van der Waals surface area contributed by atoms with Crippen LogP contribution in [0.2, 0.25) is 0 Å². The van der Waals surface area contributed by atoms with E-state index in [4.69, 9.17) is 12.2 Å². The lowest BCUT2D eigenvalue weighted by Crippen LogP contribution is -2.34. The van der Waals surface area contributed by atoms with Crippen LogP contribution in [0.25, 0.3) is 0 Å². The van der Waals surface area contributed by atoms with Crippen LogP contribution < -0.4 is 20.4 Å². The fourth-order valence-electron chi connectivity index (χ4n) is 4.16. The third kappa shape index (κ3) is 4.88. The van der Waals surface area contributed by atoms with Crippen molar-refractivity contribution in [3.8, 4) is 0 Å². The summed E-state index contributed by atoms with van der Waals surface area (Å²) in [6, 6.07) is 16.6. The minimum Gasteiger partial charge on any atom is -0.371 e. The average Bonchev–Trinajstić information content (AvgIpc) is 3.17. The molecule has 0 aliphatic carbocycles. The van der Waals surface area contributed by atoms with Crippen LogP contribution in [0.15, 0.2) is 48.5 Å². The third-order valence-corrected chi connectivity index (χ3v) is 5.83. The number of aryl methyl sites for hydroxylation is 1. The number of carbonyl (C=O) groups is 1. The number of amides is 1. The summed E-state index contributed by atoms with van der Waals surface area (Å²) in [4.78, 5) is 16.3. The van der Waals surface area contributed by atoms with Crippen LogP contribution in [0.1, 0.15) is 31.2 Å². The Balaban J connectivity index is 1.23. The minimum atomic E-state index is 0.196. The van der Waals surface area contributed by atoms with Crippen LogP contribution in [0.3, 0.4) is 0 Å². The SMILES string of the molecule is O=C1CCCN1c1cccc(NC(=S)NCCCN2CCCc3ccccc32)c1. The molecule has 1 fully saturated rings. The molecular formula is C23H28N4OS. The highest BCUT2D eigenvalue weighted by molar-refractivity contribution is 7.80. The lowest BCUT2D eigenvalue weighted by Gasteiger charge is -2.31. The first-order valence-corrected chi connectivity index (χ1v) is 10.9. The summed E-state index contributed by atoms with van der Waals surface area (Å²) in [6.45, 7) is 3.78. The summed E-state index contributed by atoms with van der Waals surface area (Å²) in [5, 5.41) is 7.17. The van der Waals surface area contributed by atoms with Gasteiger partial charge in [0.1, 0.15) is 0 Å². The zero-order valence-corrected chi connectivity index (χ0v) is 17.5. The summed E-state index contributed by atoms with van der Waals surface area (Å²) in [5.74, 6) is 0.196. The number of carbonyl (C=O) groups excluding carboxylic acids is 1. The van der Waals surface area contributed by atoms with E-state index < -0.39 is 0 Å². The molecule has 2 aromatic carbocycles. The third-order valence-electron chi connectivity index (χ3n) is 5.59. The lowest BCUT2D eigenvalue weighted by molar-refractivity contribution is -0.117. The van der Waals surface area contributed by atoms with Gasteiger partial charge in [-0.1, -0.05) is 24.3 Å². The molecule has 2 aliphatic heterocycles. The number of fused-ring (bicyclic) bond motifs is 1. The molecule has 2 aliphatic rings. The summed E-state index contributed by atoms with van der Waals surface area (Å²) >= 11 is 5.45. The van der Waals surface area contributed by atoms with Crippen LogP contribution in [-0.2, 0) is 11.2 Å². The van der Waals surface area contributed by atoms with Gasteiger partial charge in [-0.15, -0.1) is 0 Å². The Labute approximate surface area is 178 Å². The number of rotatable bonds is 6. The monoisotopic (exact) mass is 408 g/mol. The van der Waals surface area contributed by atoms with Crippen molar-refractivity contribution in [2.45, 2.75) is 32.1 Å². The fourth-order valence-corrected chi connectivity index (χ4v) is 4.38. The van der Waals surface area contributed by atoms with Crippen molar-refractivity contribution in [1.29, 1.82) is 0 Å². The molecule has 0 unspecified atom stereocenters. The second kappa shape index (κ2) is 9.27. The smallest absolute Gasteiger partial charge is 0.227 e. The highest BCUT2D eigenvalue weighted by atomic mass is 32.1. The van der Waals surface area contributed by atoms with Crippen molar-refractivity contribution in [3.63, 3.8) is 0 Å². The fraction of sp³-hybridized carbons (Fsp3) is 0.391. The molecule has 29 heavy (non-hydrogen) atoms. The van der Waals surface area contributed by atoms with Gasteiger partial charge in [0.15, 0.2) is 5.11 Å². The molecule has 0 radical (unpaired) electrons. The summed E-state index contributed by atoms with van der Waals surface area (Å²) in [6.07, 6.45) is 5.00. The number of hydrogen-bond donors (Lipinski definition) is 2. The standard InChI is InChI=1S/C23H28N4OS/c28-22-12-5-16-27(22)20-10-3-9-19(17-20)25-23(29)24-13-6-15-26-14-4-8-18-7-1-2-11-21(18)26/h1-3,7,9-11,17H,4-6,8,12-16H2,(H2,24,25,29). The molecule has 0 bridgehead atoms. The molecule has 0 aromatic heterocycles. The Morgan fingerprint density at radius 3 is 2.76 bits per heavy atom. The van der Waals surface area contributed by atoms with Crippen LogP contribution in [-0.4, -0.2) is 37.2 Å². The van der Waals surface area contributed by atoms with Gasteiger partial charge in [0.25, 0.3) is 0 Å². The molecule has 5 nitrogen and oxygen atoms in total. The quantitative estimate of drug-likeness (QED) is 0.560. The first kappa shape index (κ1) is 19.7. The van der Waals surface area contributed by atoms with E-state index in [9.17, 15) is 4.79 Å². The highest BCUT2D eigenvalue weighted by Gasteiger charge is 2.21. The van der Waals surface area contributed by atoms with Crippen molar-refractivity contribution < 1.29 is 4.79 Å². The summed E-state index contributed by atoms with van der Waals surface area (Å²) < 4.78 is 0. The van der Waals surface area contributed by atoms with E-state index in [0.717, 1.165) is 50.4 Å². The average molecular weight is 409 g/mol. The van der Waals surface area contributed by atoms with Gasteiger partial charge in [-0.3, -0.25) is 4.79 Å². The maximum Gasteiger partial charge on any atom is 0.227 e. The van der Waals surface area contributed by atoms with E-state index in [1.54, 1.807) is 0 Å². The van der Waals surface area contributed by atoms with Crippen molar-refractivity contribution in [1.82, 2.24) is 5.32 Å². The highest BCUT2D eigenvalue weighted by Crippen LogP contribution is 2.26. The van der Waals surface area contributed by atoms with E-state index in [1.165, 1.54) is 24.1 Å². The van der Waals surface area contributed by atoms with Crippen LogP contribution in [0.5, 0.6) is 0 Å². The van der Waals surface area contributed by atoms with Gasteiger partial charge in [-0.25, -0.2) is 0 Å². The molecule has 1 saturated heterocycles. The van der Waals surface area contributed by atoms with Crippen LogP contribution in [0.4, 0.5) is 17.1 Å². The number of anilines is 3. The Morgan fingerprint density at radius 2 is 1.90 bits per heavy atom. The molecule has 0 spiro atoms. The van der Waals surface area contributed by atoms with E-state index >= 15 is 0 Å². The number of para-hydroxylation sites is 1. The van der Waals surface area contributed by atoms with Crippen molar-refractivity contribution in [2.24, 2.45) is 0 Å². The molecule has 152 valence electrons. The van der Waals surface area contributed by atoms with E-state index in [1.807, 2.05) is 29.2 Å². The van der Waals surface area contributed by atoms with E-state index in [-0.39, 0.29) is 5.91 Å². The van der Waals surface area contributed by atoms with E-state index in [0.29, 0.717) is 11.5 Å². The molecule has 0 saturated carbocycles. The van der Waals surface area contributed by atoms with Crippen molar-refractivity contribution >= 4 is 40.3 Å². The predicted octanol–water partition coefficient (Wildman–Crippen LogP) is 3.94. The number of thiocarbonyl (C=S) groups is 1. The second-order valence-corrected chi connectivity index (χ2v) is 8.06. The van der Waals surface area contributed by atoms with Gasteiger partial charge in [0.05, 0.1) is 0 Å². The zero-order chi connectivity index (χ0) is 20.1. The molecule has 2 N–H and O–H groups in total. The van der Waals surface area contributed by atoms with Crippen molar-refractivity contribution in [3.05, 3.63) is 54.1 Å². The first-order valence-electron chi connectivity index (χ1n) is 10.5. The van der Waals surface area contributed by atoms with Gasteiger partial charge >= 0.3 is 0 Å². The number of nitrogens with one attached hydrogen (secondary N) is 2. The summed E-state index contributed by atoms with van der Waals surface area (Å²) in [5.41, 5.74) is 4.68. The van der Waals surface area contributed by atoms with Gasteiger partial charge in [0.2, 0.25) is 5.91 Å². The van der Waals surface area contributed by atoms with Gasteiger partial charge in [0, 0.05) is 49.7 Å². The zero-order valence-electron chi connectivity index (χ0n) is 16.7. The maximum atomic E-state index is 12.0. The van der Waals surface area contributed by atoms with Crippen LogP contribution >= 0.6 is 12.2 Å². The Hall–Kier alpha value is -2.60. The number of hydrogen-bond acceptors (Lipinski definition) is 3. The normalized spacial score (nSPS) is 15.9. The number of nitrogens with zero attached hydrogens (tertiary/aromatic N) is 2. The lowest BCUT2D eigenvalue weighted by atomic mass is 10.0. The predicted molar refractivity (Wildman–Crippen MR) is 124 cm³/mol. The van der Waals surface area contributed by atoms with Crippen molar-refractivity contribution in [2.75, 3.05) is 41.3 Å². The topological polar surface area (TPSA) is 47.6 Å². The molecule has 2 aromatic rings. The molecular weight excluding hydrogens is 380 g/mol. The summed E-state index contributed by atoms with van der Waals surface area (Å²) in [7, 11) is 0. The molecule has 4 rings (SSSR count). The van der Waals surface area contributed by atoms with E-state index in [2.05, 4.69) is 39.8 Å². The second-order valence-electron chi connectivity index (χ2n) is 7.65.